The highest BCUT2D eigenvalue weighted by atomic mass is 19.4. The molecule has 0 saturated carbocycles. The molecule has 2 aliphatic rings. The van der Waals surface area contributed by atoms with Gasteiger partial charge in [-0.15, -0.1) is 0 Å². The zero-order valence-electron chi connectivity index (χ0n) is 34.8. The van der Waals surface area contributed by atoms with Crippen LogP contribution >= 0.6 is 0 Å². The van der Waals surface area contributed by atoms with Crippen LogP contribution in [0, 0.1) is 0 Å². The molecule has 8 N–H and O–H groups in total. The quantitative estimate of drug-likeness (QED) is 0.0290. The first-order valence-electron chi connectivity index (χ1n) is 18.7. The van der Waals surface area contributed by atoms with Gasteiger partial charge in [-0.1, -0.05) is 0 Å². The van der Waals surface area contributed by atoms with Gasteiger partial charge in [-0.3, -0.25) is 19.2 Å². The SMILES string of the molecule is COC(=O)[C@@H](NC(=O)c1c2nc3c(C(=O)N[C@H](C(=O)OC)[C@@H](C)O)ccc(C(F)(F)F)c3oc-2c(-c2nc3c(C(=O)N[C@@H](C(=O)OC)[C@H](C)O)ccc(C(F)(F)F)c3o2)c(=O)c1N)[C@@H](C)O. The normalized spacial score (nSPS) is 14.7. The van der Waals surface area contributed by atoms with E-state index in [0.29, 0.717) is 24.3 Å². The smallest absolute Gasteiger partial charge is 0.420 e. The molecule has 27 heteroatoms. The van der Waals surface area contributed by atoms with E-state index in [4.69, 9.17) is 14.6 Å². The molecule has 1 aliphatic heterocycles. The number of anilines is 1. The number of amides is 3. The topological polar surface area (TPSA) is 322 Å². The van der Waals surface area contributed by atoms with Gasteiger partial charge in [-0.05, 0) is 45.0 Å². The average Bonchev–Trinajstić information content (AvgIpc) is 3.68. The van der Waals surface area contributed by atoms with Gasteiger partial charge in [0.1, 0.15) is 33.4 Å². The van der Waals surface area contributed by atoms with Gasteiger partial charge < -0.3 is 60.0 Å². The third-order valence-corrected chi connectivity index (χ3v) is 9.74. The lowest BCUT2D eigenvalue weighted by Crippen LogP contribution is -2.48. The van der Waals surface area contributed by atoms with Gasteiger partial charge in [0, 0.05) is 0 Å². The van der Waals surface area contributed by atoms with Crippen LogP contribution < -0.4 is 27.1 Å². The first kappa shape index (κ1) is 49.6. The van der Waals surface area contributed by atoms with E-state index in [9.17, 15) is 75.2 Å². The number of nitrogen functional groups attached to an aromatic ring is 1. The maximum absolute atomic E-state index is 14.7. The molecule has 6 atom stereocenters. The van der Waals surface area contributed by atoms with E-state index in [-0.39, 0.29) is 0 Å². The summed E-state index contributed by atoms with van der Waals surface area (Å²) in [6.45, 7) is 3.12. The number of methoxy groups -OCH3 is 3. The van der Waals surface area contributed by atoms with Crippen molar-refractivity contribution in [1.29, 1.82) is 0 Å². The lowest BCUT2D eigenvalue weighted by Gasteiger charge is -2.22. The fourth-order valence-corrected chi connectivity index (χ4v) is 6.43. The molecule has 0 saturated heterocycles. The summed E-state index contributed by atoms with van der Waals surface area (Å²) in [5, 5.41) is 36.7. The number of hydrogen-bond acceptors (Lipinski definition) is 18. The molecule has 0 unspecified atom stereocenters. The highest BCUT2D eigenvalue weighted by molar-refractivity contribution is 6.11. The minimum absolute atomic E-state index is 0.296. The minimum atomic E-state index is -5.39. The first-order valence-corrected chi connectivity index (χ1v) is 18.7. The summed E-state index contributed by atoms with van der Waals surface area (Å²) in [5.74, 6) is -10.5. The second kappa shape index (κ2) is 18.6. The van der Waals surface area contributed by atoms with Crippen molar-refractivity contribution in [3.8, 4) is 22.9 Å². The Bertz CT molecular complexity index is 2800. The molecule has 0 radical (unpaired) electrons. The van der Waals surface area contributed by atoms with Crippen LogP contribution in [-0.2, 0) is 40.9 Å². The Morgan fingerprint density at radius 2 is 1.02 bits per heavy atom. The lowest BCUT2D eigenvalue weighted by molar-refractivity contribution is -0.146. The number of benzene rings is 3. The maximum Gasteiger partial charge on any atom is 0.420 e. The number of hydrogen-bond donors (Lipinski definition) is 7. The standard InChI is InChI=1S/C39H36F6N6O15/c1-11(52)21(35(59)62-4)48-31(56)14-7-9-16(38(40,41)42)28-24(14)47-26-18(33(58)50-23(13(3)54)37(61)64-6)20(46)27(55)19(30(26)65-28)34-51-25-15(8-10-17(29(25)66-34)39(43,44)45)32(57)49-22(12(2)53)36(60)63-5/h7-13,21-23,52-54H,46H2,1-6H3,(H,48,56)(H,49,57)(H,50,58)/t11-,12+,13-,21+,22-,23+/m1/s1. The molecule has 21 nitrogen and oxygen atoms in total. The molecular formula is C39H36F6N6O15. The molecule has 0 fully saturated rings. The van der Waals surface area contributed by atoms with Crippen molar-refractivity contribution in [2.24, 2.45) is 0 Å². The summed E-state index contributed by atoms with van der Waals surface area (Å²) in [6.07, 6.45) is -15.7. The van der Waals surface area contributed by atoms with Crippen LogP contribution in [0.15, 0.2) is 37.9 Å². The fourth-order valence-electron chi connectivity index (χ4n) is 6.43. The molecule has 0 bridgehead atoms. The summed E-state index contributed by atoms with van der Waals surface area (Å²) < 4.78 is 112. The molecular weight excluding hydrogens is 906 g/mol. The number of carbonyl (C=O) groups excluding carboxylic acids is 6. The second-order valence-electron chi connectivity index (χ2n) is 14.2. The molecule has 0 spiro atoms. The number of nitrogens with zero attached hydrogens (tertiary/aromatic N) is 2. The highest BCUT2D eigenvalue weighted by Crippen LogP contribution is 2.44. The molecule has 3 aromatic rings. The Kier molecular flexibility index (Phi) is 14.0. The lowest BCUT2D eigenvalue weighted by atomic mass is 9.98. The second-order valence-corrected chi connectivity index (χ2v) is 14.2. The van der Waals surface area contributed by atoms with Crippen molar-refractivity contribution >= 4 is 63.5 Å². The van der Waals surface area contributed by atoms with Crippen molar-refractivity contribution in [3.05, 3.63) is 62.3 Å². The van der Waals surface area contributed by atoms with Crippen LogP contribution in [0.25, 0.3) is 45.1 Å². The van der Waals surface area contributed by atoms with Crippen LogP contribution in [0.3, 0.4) is 0 Å². The third-order valence-electron chi connectivity index (χ3n) is 9.74. The summed E-state index contributed by atoms with van der Waals surface area (Å²) >= 11 is 0. The predicted octanol–water partition coefficient (Wildman–Crippen LogP) is 1.68. The van der Waals surface area contributed by atoms with E-state index >= 15 is 0 Å². The number of ether oxygens (including phenoxy) is 3. The van der Waals surface area contributed by atoms with Crippen LogP contribution in [-0.4, -0.2) is 119 Å². The molecule has 1 aromatic heterocycles. The number of oxazole rings is 1. The zero-order valence-corrected chi connectivity index (χ0v) is 34.8. The Morgan fingerprint density at radius 1 is 0.636 bits per heavy atom. The Labute approximate surface area is 364 Å². The van der Waals surface area contributed by atoms with E-state index in [1.54, 1.807) is 0 Å². The first-order chi connectivity index (χ1) is 30.7. The maximum atomic E-state index is 14.7. The van der Waals surface area contributed by atoms with Gasteiger partial charge in [0.05, 0.1) is 62.0 Å². The highest BCUT2D eigenvalue weighted by Gasteiger charge is 2.42. The molecule has 2 aromatic carbocycles. The van der Waals surface area contributed by atoms with Gasteiger partial charge >= 0.3 is 30.3 Å². The molecule has 3 amide bonds. The van der Waals surface area contributed by atoms with Gasteiger partial charge in [-0.2, -0.15) is 26.3 Å². The Hall–Kier alpha value is -7.39. The summed E-state index contributed by atoms with van der Waals surface area (Å²) in [4.78, 5) is 101. The Morgan fingerprint density at radius 3 is 1.39 bits per heavy atom. The third kappa shape index (κ3) is 9.38. The monoisotopic (exact) mass is 942 g/mol. The largest absolute Gasteiger partial charge is 0.467 e. The van der Waals surface area contributed by atoms with Gasteiger partial charge in [-0.25, -0.2) is 24.4 Å². The summed E-state index contributed by atoms with van der Waals surface area (Å²) in [6, 6.07) is -3.83. The molecule has 2 heterocycles. The van der Waals surface area contributed by atoms with Gasteiger partial charge in [0.2, 0.25) is 11.3 Å². The van der Waals surface area contributed by atoms with Gasteiger partial charge in [0.15, 0.2) is 35.1 Å². The minimum Gasteiger partial charge on any atom is -0.467 e. The van der Waals surface area contributed by atoms with Crippen LogP contribution in [0.1, 0.15) is 63.0 Å². The van der Waals surface area contributed by atoms with E-state index < -0.39 is 168 Å². The Balaban J connectivity index is 1.95. The van der Waals surface area contributed by atoms with E-state index in [0.717, 1.165) is 42.1 Å². The number of rotatable bonds is 13. The number of aromatic nitrogens is 2. The zero-order chi connectivity index (χ0) is 49.5. The van der Waals surface area contributed by atoms with Crippen molar-refractivity contribution in [1.82, 2.24) is 25.9 Å². The van der Waals surface area contributed by atoms with E-state index in [1.807, 2.05) is 5.32 Å². The molecule has 5 rings (SSSR count). The molecule has 1 aliphatic carbocycles. The number of nitrogens with one attached hydrogen (secondary N) is 3. The van der Waals surface area contributed by atoms with Crippen molar-refractivity contribution in [2.75, 3.05) is 27.1 Å². The number of carbonyl (C=O) groups is 6. The van der Waals surface area contributed by atoms with E-state index in [1.165, 1.54) is 0 Å². The predicted molar refractivity (Wildman–Crippen MR) is 209 cm³/mol. The number of halogens is 6. The van der Waals surface area contributed by atoms with Crippen molar-refractivity contribution in [2.45, 2.75) is 69.6 Å². The summed E-state index contributed by atoms with van der Waals surface area (Å²) in [7, 11) is 2.65. The average molecular weight is 943 g/mol. The van der Waals surface area contributed by atoms with E-state index in [2.05, 4.69) is 34.8 Å². The van der Waals surface area contributed by atoms with Crippen molar-refractivity contribution < 1.29 is 93.5 Å². The number of nitrogens with two attached hydrogens (primary N) is 1. The molecule has 354 valence electrons. The number of aliphatic hydroxyl groups is 3. The van der Waals surface area contributed by atoms with Crippen molar-refractivity contribution in [3.63, 3.8) is 0 Å². The number of alkyl halides is 6. The van der Waals surface area contributed by atoms with Crippen LogP contribution in [0.5, 0.6) is 0 Å². The van der Waals surface area contributed by atoms with Crippen LogP contribution in [0.4, 0.5) is 32.0 Å². The number of aliphatic hydroxyl groups excluding tert-OH is 3. The van der Waals surface area contributed by atoms with Crippen LogP contribution in [0.2, 0.25) is 0 Å². The fraction of sp³-hybridized carbons (Fsp3) is 0.359. The summed E-state index contributed by atoms with van der Waals surface area (Å²) in [5.41, 5.74) is -9.92. The van der Waals surface area contributed by atoms with Gasteiger partial charge in [0.25, 0.3) is 17.7 Å². The molecule has 66 heavy (non-hydrogen) atoms. The number of fused-ring (bicyclic) bond motifs is 3. The number of esters is 3.